The normalized spacial score (nSPS) is 12.8. The Labute approximate surface area is 164 Å². The van der Waals surface area contributed by atoms with Crippen LogP contribution in [0.3, 0.4) is 0 Å². The molecule has 1 aromatic heterocycles. The minimum atomic E-state index is -0.132. The lowest BCUT2D eigenvalue weighted by atomic mass is 10.2. The number of rotatable bonds is 5. The molecular weight excluding hydrogens is 352 g/mol. The molecule has 1 aliphatic rings. The fourth-order valence-electron chi connectivity index (χ4n) is 3.26. The van der Waals surface area contributed by atoms with Crippen LogP contribution in [-0.4, -0.2) is 28.5 Å². The van der Waals surface area contributed by atoms with Gasteiger partial charge in [-0.3, -0.25) is 4.79 Å². The molecule has 1 N–H and O–H groups in total. The molecule has 6 heteroatoms. The SMILES string of the molecule is CC(C)Oc1ccccc1Nc1cnc(C(=O)N2CCc3ccccc32)cn1. The molecule has 142 valence electrons. The Hall–Kier alpha value is -3.41. The molecule has 2 aromatic carbocycles. The average molecular weight is 374 g/mol. The summed E-state index contributed by atoms with van der Waals surface area (Å²) in [5.41, 5.74) is 3.27. The molecule has 6 nitrogen and oxygen atoms in total. The number of fused-ring (bicyclic) bond motifs is 1. The molecule has 28 heavy (non-hydrogen) atoms. The number of amides is 1. The summed E-state index contributed by atoms with van der Waals surface area (Å²) in [5.74, 6) is 1.17. The van der Waals surface area contributed by atoms with Gasteiger partial charge in [-0.15, -0.1) is 0 Å². The first kappa shape index (κ1) is 18.0. The molecule has 0 fully saturated rings. The first-order valence-electron chi connectivity index (χ1n) is 9.36. The van der Waals surface area contributed by atoms with Gasteiger partial charge in [-0.25, -0.2) is 9.97 Å². The van der Waals surface area contributed by atoms with Crippen molar-refractivity contribution in [3.63, 3.8) is 0 Å². The van der Waals surface area contributed by atoms with Crippen LogP contribution in [0.2, 0.25) is 0 Å². The van der Waals surface area contributed by atoms with E-state index >= 15 is 0 Å². The van der Waals surface area contributed by atoms with E-state index in [0.29, 0.717) is 18.1 Å². The highest BCUT2D eigenvalue weighted by Crippen LogP contribution is 2.29. The van der Waals surface area contributed by atoms with Gasteiger partial charge in [0.05, 0.1) is 24.2 Å². The second-order valence-electron chi connectivity index (χ2n) is 6.91. The lowest BCUT2D eigenvalue weighted by molar-refractivity contribution is 0.0984. The molecule has 3 aromatic rings. The molecule has 0 radical (unpaired) electrons. The number of para-hydroxylation sites is 3. The number of aromatic nitrogens is 2. The zero-order chi connectivity index (χ0) is 19.5. The number of nitrogens with one attached hydrogen (secondary N) is 1. The van der Waals surface area contributed by atoms with E-state index in [1.54, 1.807) is 11.1 Å². The predicted octanol–water partition coefficient (Wildman–Crippen LogP) is 4.21. The van der Waals surface area contributed by atoms with Gasteiger partial charge in [0.15, 0.2) is 0 Å². The van der Waals surface area contributed by atoms with E-state index in [1.165, 1.54) is 11.8 Å². The van der Waals surface area contributed by atoms with E-state index in [0.717, 1.165) is 23.5 Å². The second-order valence-corrected chi connectivity index (χ2v) is 6.91. The number of anilines is 3. The van der Waals surface area contributed by atoms with Gasteiger partial charge < -0.3 is 15.0 Å². The van der Waals surface area contributed by atoms with Crippen LogP contribution in [0, 0.1) is 0 Å². The van der Waals surface area contributed by atoms with Gasteiger partial charge in [-0.05, 0) is 44.0 Å². The van der Waals surface area contributed by atoms with Crippen LogP contribution in [0.1, 0.15) is 29.9 Å². The monoisotopic (exact) mass is 374 g/mol. The van der Waals surface area contributed by atoms with Crippen molar-refractivity contribution in [1.82, 2.24) is 9.97 Å². The number of carbonyl (C=O) groups excluding carboxylic acids is 1. The van der Waals surface area contributed by atoms with Crippen molar-refractivity contribution < 1.29 is 9.53 Å². The third-order valence-electron chi connectivity index (χ3n) is 4.52. The summed E-state index contributed by atoms with van der Waals surface area (Å²) in [6.45, 7) is 4.63. The molecule has 1 amide bonds. The largest absolute Gasteiger partial charge is 0.489 e. The van der Waals surface area contributed by atoms with Crippen molar-refractivity contribution in [2.24, 2.45) is 0 Å². The zero-order valence-corrected chi connectivity index (χ0v) is 15.9. The minimum absolute atomic E-state index is 0.0670. The zero-order valence-electron chi connectivity index (χ0n) is 15.9. The third kappa shape index (κ3) is 3.67. The summed E-state index contributed by atoms with van der Waals surface area (Å²) < 4.78 is 5.81. The van der Waals surface area contributed by atoms with E-state index in [1.807, 2.05) is 56.3 Å². The molecule has 1 aliphatic heterocycles. The topological polar surface area (TPSA) is 67.3 Å². The van der Waals surface area contributed by atoms with Crippen LogP contribution >= 0.6 is 0 Å². The van der Waals surface area contributed by atoms with Crippen LogP contribution in [0.4, 0.5) is 17.2 Å². The quantitative estimate of drug-likeness (QED) is 0.725. The maximum Gasteiger partial charge on any atom is 0.278 e. The van der Waals surface area contributed by atoms with E-state index in [-0.39, 0.29) is 12.0 Å². The summed E-state index contributed by atoms with van der Waals surface area (Å²) in [6.07, 6.45) is 4.01. The van der Waals surface area contributed by atoms with Crippen molar-refractivity contribution in [2.75, 3.05) is 16.8 Å². The maximum atomic E-state index is 12.8. The van der Waals surface area contributed by atoms with Crippen molar-refractivity contribution in [3.05, 3.63) is 72.2 Å². The van der Waals surface area contributed by atoms with Gasteiger partial charge in [0, 0.05) is 12.2 Å². The number of nitrogens with zero attached hydrogens (tertiary/aromatic N) is 3. The summed E-state index contributed by atoms with van der Waals surface area (Å²) in [6, 6.07) is 15.6. The van der Waals surface area contributed by atoms with E-state index in [2.05, 4.69) is 21.4 Å². The summed E-state index contributed by atoms with van der Waals surface area (Å²) in [5, 5.41) is 3.21. The Morgan fingerprint density at radius 3 is 2.64 bits per heavy atom. The molecule has 4 rings (SSSR count). The maximum absolute atomic E-state index is 12.8. The van der Waals surface area contributed by atoms with Crippen molar-refractivity contribution in [3.8, 4) is 5.75 Å². The number of ether oxygens (including phenoxy) is 1. The van der Waals surface area contributed by atoms with E-state index < -0.39 is 0 Å². The summed E-state index contributed by atoms with van der Waals surface area (Å²) in [4.78, 5) is 23.3. The summed E-state index contributed by atoms with van der Waals surface area (Å²) in [7, 11) is 0. The van der Waals surface area contributed by atoms with Gasteiger partial charge in [-0.1, -0.05) is 30.3 Å². The van der Waals surface area contributed by atoms with Gasteiger partial charge in [0.25, 0.3) is 5.91 Å². The standard InChI is InChI=1S/C22H22N4O2/c1-15(2)28-20-10-6-4-8-17(20)25-21-14-23-18(13-24-21)22(27)26-12-11-16-7-3-5-9-19(16)26/h3-10,13-15H,11-12H2,1-2H3,(H,24,25). The first-order chi connectivity index (χ1) is 13.6. The Kier molecular flexibility index (Phi) is 4.93. The highest BCUT2D eigenvalue weighted by molar-refractivity contribution is 6.05. The fraction of sp³-hybridized carbons (Fsp3) is 0.227. The highest BCUT2D eigenvalue weighted by atomic mass is 16.5. The van der Waals surface area contributed by atoms with Gasteiger partial charge in [0.2, 0.25) is 0 Å². The Balaban J connectivity index is 1.50. The van der Waals surface area contributed by atoms with Crippen LogP contribution in [0.5, 0.6) is 5.75 Å². The lowest BCUT2D eigenvalue weighted by Crippen LogP contribution is -2.29. The van der Waals surface area contributed by atoms with Gasteiger partial charge >= 0.3 is 0 Å². The molecule has 0 unspecified atom stereocenters. The number of carbonyl (C=O) groups is 1. The van der Waals surface area contributed by atoms with E-state index in [9.17, 15) is 4.79 Å². The molecular formula is C22H22N4O2. The van der Waals surface area contributed by atoms with Crippen LogP contribution < -0.4 is 15.0 Å². The van der Waals surface area contributed by atoms with Gasteiger partial charge in [-0.2, -0.15) is 0 Å². The number of benzene rings is 2. The summed E-state index contributed by atoms with van der Waals surface area (Å²) >= 11 is 0. The number of hydrogen-bond donors (Lipinski definition) is 1. The van der Waals surface area contributed by atoms with Crippen LogP contribution in [0.15, 0.2) is 60.9 Å². The molecule has 0 atom stereocenters. The molecule has 0 spiro atoms. The predicted molar refractivity (Wildman–Crippen MR) is 109 cm³/mol. The molecule has 0 saturated heterocycles. The minimum Gasteiger partial charge on any atom is -0.489 e. The van der Waals surface area contributed by atoms with Crippen LogP contribution in [0.25, 0.3) is 0 Å². The molecule has 0 aliphatic carbocycles. The van der Waals surface area contributed by atoms with E-state index in [4.69, 9.17) is 4.74 Å². The first-order valence-corrected chi connectivity index (χ1v) is 9.36. The van der Waals surface area contributed by atoms with Crippen molar-refractivity contribution in [1.29, 1.82) is 0 Å². The lowest BCUT2D eigenvalue weighted by Gasteiger charge is -2.17. The third-order valence-corrected chi connectivity index (χ3v) is 4.52. The number of hydrogen-bond acceptors (Lipinski definition) is 5. The Morgan fingerprint density at radius 1 is 1.07 bits per heavy atom. The second kappa shape index (κ2) is 7.68. The average Bonchev–Trinajstić information content (AvgIpc) is 3.13. The van der Waals surface area contributed by atoms with Crippen molar-refractivity contribution >= 4 is 23.1 Å². The Bertz CT molecular complexity index is 986. The van der Waals surface area contributed by atoms with Gasteiger partial charge in [0.1, 0.15) is 17.3 Å². The highest BCUT2D eigenvalue weighted by Gasteiger charge is 2.26. The molecule has 0 saturated carbocycles. The molecule has 0 bridgehead atoms. The smallest absolute Gasteiger partial charge is 0.278 e. The van der Waals surface area contributed by atoms with Crippen LogP contribution in [-0.2, 0) is 6.42 Å². The molecule has 2 heterocycles. The Morgan fingerprint density at radius 2 is 1.86 bits per heavy atom. The van der Waals surface area contributed by atoms with Crippen molar-refractivity contribution in [2.45, 2.75) is 26.4 Å². The fourth-order valence-corrected chi connectivity index (χ4v) is 3.26.